The number of aliphatic hydroxyl groups excluding tert-OH is 1. The molecule has 1 atom stereocenters. The molecule has 0 fully saturated rings. The van der Waals surface area contributed by atoms with Crippen molar-refractivity contribution in [2.45, 2.75) is 39.7 Å². The van der Waals surface area contributed by atoms with E-state index in [9.17, 15) is 5.11 Å². The molecule has 0 aliphatic rings. The molecular weight excluding hydrogens is 336 g/mol. The van der Waals surface area contributed by atoms with E-state index in [4.69, 9.17) is 14.5 Å². The van der Waals surface area contributed by atoms with E-state index in [1.807, 2.05) is 31.4 Å². The van der Waals surface area contributed by atoms with Crippen molar-refractivity contribution in [3.05, 3.63) is 29.3 Å². The van der Waals surface area contributed by atoms with E-state index in [1.54, 1.807) is 24.6 Å². The first-order valence-corrected chi connectivity index (χ1v) is 9.32. The fraction of sp³-hybridized carbons (Fsp3) is 0.474. The van der Waals surface area contributed by atoms with Gasteiger partial charge in [-0.1, -0.05) is 13.3 Å². The summed E-state index contributed by atoms with van der Waals surface area (Å²) in [5, 5.41) is 12.8. The van der Waals surface area contributed by atoms with Gasteiger partial charge in [-0.05, 0) is 38.0 Å². The zero-order valence-corrected chi connectivity index (χ0v) is 16.1. The topological polar surface area (TPSA) is 63.9 Å². The lowest BCUT2D eigenvalue weighted by molar-refractivity contribution is 0.0327. The van der Waals surface area contributed by atoms with Gasteiger partial charge in [0.15, 0.2) is 0 Å². The first kappa shape index (κ1) is 19.6. The van der Waals surface area contributed by atoms with Crippen molar-refractivity contribution < 1.29 is 14.6 Å². The molecule has 0 aliphatic carbocycles. The van der Waals surface area contributed by atoms with Crippen molar-refractivity contribution in [1.82, 2.24) is 4.98 Å². The van der Waals surface area contributed by atoms with Crippen molar-refractivity contribution in [1.29, 1.82) is 0 Å². The van der Waals surface area contributed by atoms with Gasteiger partial charge in [-0.15, -0.1) is 11.3 Å². The van der Waals surface area contributed by atoms with Gasteiger partial charge in [-0.3, -0.25) is 4.99 Å². The predicted molar refractivity (Wildman–Crippen MR) is 103 cm³/mol. The summed E-state index contributed by atoms with van der Waals surface area (Å²) in [6, 6.07) is 3.90. The van der Waals surface area contributed by atoms with E-state index >= 15 is 0 Å². The Morgan fingerprint density at radius 3 is 2.80 bits per heavy atom. The average molecular weight is 362 g/mol. The Morgan fingerprint density at radius 1 is 1.36 bits per heavy atom. The fourth-order valence-corrected chi connectivity index (χ4v) is 3.27. The molecule has 0 amide bonds. The SMILES string of the molecule is CCC/C(C)=N\c1c(OCC(O)COC)ccc(-c2nccs2)c1C. The summed E-state index contributed by atoms with van der Waals surface area (Å²) in [5.74, 6) is 0.670. The van der Waals surface area contributed by atoms with Gasteiger partial charge in [0.1, 0.15) is 29.2 Å². The quantitative estimate of drug-likeness (QED) is 0.672. The second-order valence-corrected chi connectivity index (χ2v) is 6.83. The molecule has 0 spiro atoms. The molecular formula is C19H26N2O3S. The number of methoxy groups -OCH3 is 1. The van der Waals surface area contributed by atoms with Crippen LogP contribution in [0.1, 0.15) is 32.3 Å². The third-order valence-corrected chi connectivity index (χ3v) is 4.57. The summed E-state index contributed by atoms with van der Waals surface area (Å²) in [6.45, 7) is 6.61. The highest BCUT2D eigenvalue weighted by molar-refractivity contribution is 7.13. The minimum atomic E-state index is -0.669. The molecule has 25 heavy (non-hydrogen) atoms. The zero-order chi connectivity index (χ0) is 18.2. The van der Waals surface area contributed by atoms with Gasteiger partial charge in [-0.25, -0.2) is 4.98 Å². The maximum atomic E-state index is 9.85. The van der Waals surface area contributed by atoms with Gasteiger partial charge in [0.2, 0.25) is 0 Å². The van der Waals surface area contributed by atoms with E-state index in [2.05, 4.69) is 11.9 Å². The number of rotatable bonds is 9. The Bertz CT molecular complexity index is 699. The second kappa shape index (κ2) is 9.65. The lowest BCUT2D eigenvalue weighted by Crippen LogP contribution is -2.22. The molecule has 1 N–H and O–H groups in total. The van der Waals surface area contributed by atoms with Crippen LogP contribution in [0.15, 0.2) is 28.7 Å². The van der Waals surface area contributed by atoms with E-state index in [-0.39, 0.29) is 13.2 Å². The number of aromatic nitrogens is 1. The highest BCUT2D eigenvalue weighted by Gasteiger charge is 2.15. The van der Waals surface area contributed by atoms with Gasteiger partial charge in [-0.2, -0.15) is 0 Å². The number of hydrogen-bond donors (Lipinski definition) is 1. The maximum Gasteiger partial charge on any atom is 0.145 e. The number of ether oxygens (including phenoxy) is 2. The number of aliphatic imine (C=N–C) groups is 1. The van der Waals surface area contributed by atoms with Gasteiger partial charge in [0.05, 0.1) is 6.61 Å². The molecule has 0 bridgehead atoms. The van der Waals surface area contributed by atoms with Crippen LogP contribution >= 0.6 is 11.3 Å². The van der Waals surface area contributed by atoms with Crippen LogP contribution in [0, 0.1) is 6.92 Å². The third-order valence-electron chi connectivity index (χ3n) is 3.76. The summed E-state index contributed by atoms with van der Waals surface area (Å²) >= 11 is 1.60. The van der Waals surface area contributed by atoms with E-state index in [1.165, 1.54) is 0 Å². The van der Waals surface area contributed by atoms with Crippen molar-refractivity contribution >= 4 is 22.7 Å². The van der Waals surface area contributed by atoms with Crippen LogP contribution in [-0.2, 0) is 4.74 Å². The molecule has 0 aliphatic heterocycles. The smallest absolute Gasteiger partial charge is 0.145 e. The van der Waals surface area contributed by atoms with E-state index in [0.717, 1.165) is 40.4 Å². The number of nitrogens with zero attached hydrogens (tertiary/aromatic N) is 2. The normalized spacial score (nSPS) is 13.1. The average Bonchev–Trinajstić information content (AvgIpc) is 3.10. The minimum Gasteiger partial charge on any atom is -0.489 e. The Kier molecular flexibility index (Phi) is 7.55. The van der Waals surface area contributed by atoms with Gasteiger partial charge >= 0.3 is 0 Å². The van der Waals surface area contributed by atoms with Crippen molar-refractivity contribution in [3.8, 4) is 16.3 Å². The summed E-state index contributed by atoms with van der Waals surface area (Å²) < 4.78 is 10.8. The van der Waals surface area contributed by atoms with Crippen LogP contribution in [0.2, 0.25) is 0 Å². The third kappa shape index (κ3) is 5.36. The van der Waals surface area contributed by atoms with Crippen LogP contribution in [0.4, 0.5) is 5.69 Å². The van der Waals surface area contributed by atoms with Crippen LogP contribution in [-0.4, -0.2) is 42.2 Å². The van der Waals surface area contributed by atoms with Crippen molar-refractivity contribution in [3.63, 3.8) is 0 Å². The molecule has 1 heterocycles. The van der Waals surface area contributed by atoms with Gasteiger partial charge in [0.25, 0.3) is 0 Å². The zero-order valence-electron chi connectivity index (χ0n) is 15.3. The molecule has 1 aromatic carbocycles. The van der Waals surface area contributed by atoms with Gasteiger partial charge in [0, 0.05) is 30.0 Å². The molecule has 0 saturated carbocycles. The lowest BCUT2D eigenvalue weighted by atomic mass is 10.1. The molecule has 6 heteroatoms. The number of aliphatic hydroxyl groups is 1. The van der Waals surface area contributed by atoms with Crippen molar-refractivity contribution in [2.24, 2.45) is 4.99 Å². The van der Waals surface area contributed by atoms with E-state index in [0.29, 0.717) is 5.75 Å². The van der Waals surface area contributed by atoms with Crippen LogP contribution in [0.3, 0.4) is 0 Å². The van der Waals surface area contributed by atoms with Crippen LogP contribution < -0.4 is 4.74 Å². The summed E-state index contributed by atoms with van der Waals surface area (Å²) in [7, 11) is 1.56. The van der Waals surface area contributed by atoms with E-state index < -0.39 is 6.10 Å². The minimum absolute atomic E-state index is 0.166. The van der Waals surface area contributed by atoms with Gasteiger partial charge < -0.3 is 14.6 Å². The Balaban J connectivity index is 2.37. The predicted octanol–water partition coefficient (Wildman–Crippen LogP) is 4.40. The summed E-state index contributed by atoms with van der Waals surface area (Å²) in [4.78, 5) is 9.20. The number of benzene rings is 1. The number of hydrogen-bond acceptors (Lipinski definition) is 6. The highest BCUT2D eigenvalue weighted by Crippen LogP contribution is 2.39. The molecule has 2 rings (SSSR count). The molecule has 136 valence electrons. The fourth-order valence-electron chi connectivity index (χ4n) is 2.55. The molecule has 2 aromatic rings. The number of thiazole rings is 1. The molecule has 5 nitrogen and oxygen atoms in total. The largest absolute Gasteiger partial charge is 0.489 e. The summed E-state index contributed by atoms with van der Waals surface area (Å²) in [5.41, 5.74) is 3.96. The molecule has 1 aromatic heterocycles. The van der Waals surface area contributed by atoms with Crippen LogP contribution in [0.5, 0.6) is 5.75 Å². The second-order valence-electron chi connectivity index (χ2n) is 5.94. The maximum absolute atomic E-state index is 9.85. The van der Waals surface area contributed by atoms with Crippen LogP contribution in [0.25, 0.3) is 10.6 Å². The Morgan fingerprint density at radius 2 is 2.16 bits per heavy atom. The monoisotopic (exact) mass is 362 g/mol. The van der Waals surface area contributed by atoms with Crippen molar-refractivity contribution in [2.75, 3.05) is 20.3 Å². The summed E-state index contributed by atoms with van der Waals surface area (Å²) in [6.07, 6.45) is 3.11. The molecule has 0 radical (unpaired) electrons. The first-order valence-electron chi connectivity index (χ1n) is 8.44. The lowest BCUT2D eigenvalue weighted by Gasteiger charge is -2.16. The first-order chi connectivity index (χ1) is 12.1. The Labute approximate surface area is 153 Å². The highest BCUT2D eigenvalue weighted by atomic mass is 32.1. The Hall–Kier alpha value is -1.76. The molecule has 1 unspecified atom stereocenters. The standard InChI is InChI=1S/C19H26N2O3S/c1-5-6-13(2)21-18-14(3)16(19-20-9-10-25-19)7-8-17(18)24-12-15(22)11-23-4/h7-10,15,22H,5-6,11-12H2,1-4H3/b21-13-. The molecule has 0 saturated heterocycles.